The minimum absolute atomic E-state index is 0.504. The van der Waals surface area contributed by atoms with Gasteiger partial charge in [0.25, 0.3) is 20.2 Å². The van der Waals surface area contributed by atoms with Crippen LogP contribution in [-0.2, 0) is 20.2 Å². The smallest absolute Gasteiger partial charge is 0.296 e. The lowest BCUT2D eigenvalue weighted by Crippen LogP contribution is -2.01. The van der Waals surface area contributed by atoms with Gasteiger partial charge in [-0.25, -0.2) is 0 Å². The molecule has 0 radical (unpaired) electrons. The molecule has 0 spiro atoms. The molecule has 2 aromatic rings. The van der Waals surface area contributed by atoms with Crippen molar-refractivity contribution >= 4 is 42.4 Å². The van der Waals surface area contributed by atoms with Crippen molar-refractivity contribution in [2.24, 2.45) is 10.4 Å². The molecule has 0 aliphatic carbocycles. The van der Waals surface area contributed by atoms with Crippen molar-refractivity contribution in [3.63, 3.8) is 0 Å². The van der Waals surface area contributed by atoms with E-state index in [0.29, 0.717) is 12.1 Å². The maximum atomic E-state index is 11.2. The molecular formula is C10H6N2O10S2. The predicted octanol–water partition coefficient (Wildman–Crippen LogP) is 1.54. The SMILES string of the molecule is O=Nc1c(S(=O)(=O)O)cc2cc(S(=O)(=O)O)c(N=O)c(O)c2c1O. The monoisotopic (exact) mass is 378 g/mol. The van der Waals surface area contributed by atoms with E-state index in [-0.39, 0.29) is 0 Å². The Hall–Kier alpha value is -2.68. The number of hydrogen-bond donors (Lipinski definition) is 4. The number of aromatic hydroxyl groups is 2. The molecule has 0 aromatic heterocycles. The Bertz CT molecular complexity index is 1020. The highest BCUT2D eigenvalue weighted by atomic mass is 32.2. The molecule has 14 heteroatoms. The summed E-state index contributed by atoms with van der Waals surface area (Å²) >= 11 is 0. The zero-order chi connectivity index (χ0) is 18.4. The van der Waals surface area contributed by atoms with Gasteiger partial charge in [-0.05, 0) is 27.9 Å². The van der Waals surface area contributed by atoms with E-state index in [4.69, 9.17) is 9.11 Å². The van der Waals surface area contributed by atoms with Crippen molar-refractivity contribution in [2.45, 2.75) is 9.79 Å². The lowest BCUT2D eigenvalue weighted by Gasteiger charge is -2.11. The summed E-state index contributed by atoms with van der Waals surface area (Å²) < 4.78 is 63.1. The van der Waals surface area contributed by atoms with Crippen molar-refractivity contribution in [1.29, 1.82) is 0 Å². The molecule has 0 aliphatic heterocycles. The first kappa shape index (κ1) is 17.7. The van der Waals surface area contributed by atoms with Crippen LogP contribution in [0.3, 0.4) is 0 Å². The average molecular weight is 378 g/mol. The van der Waals surface area contributed by atoms with E-state index in [1.54, 1.807) is 0 Å². The van der Waals surface area contributed by atoms with Crippen LogP contribution in [0.2, 0.25) is 0 Å². The summed E-state index contributed by atoms with van der Waals surface area (Å²) in [6, 6.07) is 1.01. The van der Waals surface area contributed by atoms with Crippen LogP contribution in [0.4, 0.5) is 11.4 Å². The van der Waals surface area contributed by atoms with E-state index in [1.807, 2.05) is 0 Å². The lowest BCUT2D eigenvalue weighted by atomic mass is 10.1. The van der Waals surface area contributed by atoms with Gasteiger partial charge in [-0.3, -0.25) is 9.11 Å². The highest BCUT2D eigenvalue weighted by Gasteiger charge is 2.29. The summed E-state index contributed by atoms with van der Waals surface area (Å²) in [6.07, 6.45) is 0. The van der Waals surface area contributed by atoms with Crippen molar-refractivity contribution in [3.8, 4) is 11.5 Å². The Morgan fingerprint density at radius 3 is 1.33 bits per heavy atom. The summed E-state index contributed by atoms with van der Waals surface area (Å²) in [5, 5.41) is 23.0. The third-order valence-corrected chi connectivity index (χ3v) is 4.72. The van der Waals surface area contributed by atoms with Crippen LogP contribution >= 0.6 is 0 Å². The van der Waals surface area contributed by atoms with Gasteiger partial charge in [-0.15, -0.1) is 9.81 Å². The van der Waals surface area contributed by atoms with Gasteiger partial charge in [0.1, 0.15) is 9.79 Å². The molecule has 0 heterocycles. The number of benzene rings is 2. The highest BCUT2D eigenvalue weighted by molar-refractivity contribution is 7.86. The quantitative estimate of drug-likeness (QED) is 0.445. The lowest BCUT2D eigenvalue weighted by molar-refractivity contribution is 0.458. The second kappa shape index (κ2) is 5.45. The molecule has 128 valence electrons. The van der Waals surface area contributed by atoms with Gasteiger partial charge in [0, 0.05) is 0 Å². The molecular weight excluding hydrogens is 372 g/mol. The van der Waals surface area contributed by atoms with Crippen LogP contribution < -0.4 is 0 Å². The molecule has 0 saturated carbocycles. The van der Waals surface area contributed by atoms with Gasteiger partial charge in [0.2, 0.25) is 0 Å². The van der Waals surface area contributed by atoms with Gasteiger partial charge >= 0.3 is 0 Å². The zero-order valence-electron chi connectivity index (χ0n) is 11.1. The van der Waals surface area contributed by atoms with Crippen LogP contribution in [-0.4, -0.2) is 36.2 Å². The van der Waals surface area contributed by atoms with E-state index in [1.165, 1.54) is 0 Å². The van der Waals surface area contributed by atoms with Gasteiger partial charge in [-0.2, -0.15) is 16.8 Å². The normalized spacial score (nSPS) is 12.2. The van der Waals surface area contributed by atoms with Crippen LogP contribution in [0.5, 0.6) is 11.5 Å². The number of phenolic OH excluding ortho intramolecular Hbond substituents is 2. The minimum Gasteiger partial charge on any atom is -0.505 e. The first-order valence-corrected chi connectivity index (χ1v) is 8.48. The number of phenols is 2. The summed E-state index contributed by atoms with van der Waals surface area (Å²) in [4.78, 5) is 19.1. The van der Waals surface area contributed by atoms with Crippen LogP contribution in [0, 0.1) is 9.81 Å². The van der Waals surface area contributed by atoms with Crippen LogP contribution in [0.15, 0.2) is 32.3 Å². The molecule has 0 atom stereocenters. The van der Waals surface area contributed by atoms with Crippen molar-refractivity contribution in [3.05, 3.63) is 21.9 Å². The molecule has 24 heavy (non-hydrogen) atoms. The van der Waals surface area contributed by atoms with E-state index < -0.39 is 63.7 Å². The first-order chi connectivity index (χ1) is 10.9. The molecule has 0 aliphatic rings. The van der Waals surface area contributed by atoms with E-state index in [0.717, 1.165) is 0 Å². The Labute approximate surface area is 132 Å². The molecule has 0 amide bonds. The molecule has 2 rings (SSSR count). The van der Waals surface area contributed by atoms with Crippen molar-refractivity contribution in [1.82, 2.24) is 0 Å². The standard InChI is InChI=1S/C10H6N2O10S2/c13-9-6-3(1-4(7(9)11-15)23(17,18)19)2-5(24(20,21)22)8(12-16)10(6)14/h1-2,13-14H,(H,17,18,19)(H,20,21,22). The van der Waals surface area contributed by atoms with Gasteiger partial charge in [-0.1, -0.05) is 0 Å². The van der Waals surface area contributed by atoms with E-state index in [9.17, 15) is 36.9 Å². The number of nitrogens with zero attached hydrogens (tertiary/aromatic N) is 2. The predicted molar refractivity (Wildman–Crippen MR) is 77.8 cm³/mol. The number of nitroso groups, excluding NO2 is 2. The van der Waals surface area contributed by atoms with Crippen LogP contribution in [0.25, 0.3) is 10.8 Å². The summed E-state index contributed by atoms with van der Waals surface area (Å²) in [5.41, 5.74) is -2.37. The summed E-state index contributed by atoms with van der Waals surface area (Å²) in [6.45, 7) is 0. The number of fused-ring (bicyclic) bond motifs is 1. The number of rotatable bonds is 4. The first-order valence-electron chi connectivity index (χ1n) is 5.60. The highest BCUT2D eigenvalue weighted by Crippen LogP contribution is 2.49. The average Bonchev–Trinajstić information content (AvgIpc) is 2.44. The maximum absolute atomic E-state index is 11.2. The van der Waals surface area contributed by atoms with E-state index in [2.05, 4.69) is 10.4 Å². The summed E-state index contributed by atoms with van der Waals surface area (Å²) in [7, 11) is -10.1. The third kappa shape index (κ3) is 2.67. The molecule has 0 bridgehead atoms. The summed E-state index contributed by atoms with van der Waals surface area (Å²) in [5.74, 6) is -2.50. The fraction of sp³-hybridized carbons (Fsp3) is 0. The van der Waals surface area contributed by atoms with Crippen molar-refractivity contribution < 1.29 is 36.2 Å². The fourth-order valence-corrected chi connectivity index (χ4v) is 3.34. The number of hydrogen-bond acceptors (Lipinski definition) is 10. The molecule has 4 N–H and O–H groups in total. The fourth-order valence-electron chi connectivity index (χ4n) is 2.03. The maximum Gasteiger partial charge on any atom is 0.296 e. The second-order valence-corrected chi connectivity index (χ2v) is 7.15. The van der Waals surface area contributed by atoms with Gasteiger partial charge < -0.3 is 10.2 Å². The minimum atomic E-state index is -5.07. The Morgan fingerprint density at radius 2 is 1.08 bits per heavy atom. The molecule has 12 nitrogen and oxygen atoms in total. The van der Waals surface area contributed by atoms with Gasteiger partial charge in [0.15, 0.2) is 22.9 Å². The molecule has 0 saturated heterocycles. The second-order valence-electron chi connectivity index (χ2n) is 4.37. The molecule has 0 fully saturated rings. The van der Waals surface area contributed by atoms with Crippen LogP contribution in [0.1, 0.15) is 0 Å². The largest absolute Gasteiger partial charge is 0.505 e. The third-order valence-electron chi connectivity index (χ3n) is 2.99. The zero-order valence-corrected chi connectivity index (χ0v) is 12.7. The Balaban J connectivity index is 3.20. The van der Waals surface area contributed by atoms with Gasteiger partial charge in [0.05, 0.1) is 5.39 Å². The molecule has 2 aromatic carbocycles. The Kier molecular flexibility index (Phi) is 4.01. The molecule has 0 unspecified atom stereocenters. The topological polar surface area (TPSA) is 208 Å². The van der Waals surface area contributed by atoms with Crippen molar-refractivity contribution in [2.75, 3.05) is 0 Å². The Morgan fingerprint density at radius 1 is 0.750 bits per heavy atom. The van der Waals surface area contributed by atoms with E-state index >= 15 is 0 Å².